The molecular formula is C10H23O4P. The van der Waals surface area contributed by atoms with Crippen molar-refractivity contribution in [2.24, 2.45) is 5.41 Å². The Morgan fingerprint density at radius 1 is 1.13 bits per heavy atom. The van der Waals surface area contributed by atoms with Crippen LogP contribution in [-0.4, -0.2) is 26.2 Å². The molecule has 0 fully saturated rings. The molecule has 15 heavy (non-hydrogen) atoms. The molecule has 0 aliphatic carbocycles. The van der Waals surface area contributed by atoms with Crippen LogP contribution < -0.4 is 0 Å². The summed E-state index contributed by atoms with van der Waals surface area (Å²) in [5.74, 6) is -0.537. The van der Waals surface area contributed by atoms with Crippen LogP contribution in [0.1, 0.15) is 34.6 Å². The van der Waals surface area contributed by atoms with E-state index in [2.05, 4.69) is 0 Å². The van der Waals surface area contributed by atoms with Gasteiger partial charge in [0, 0.05) is 7.11 Å². The Labute approximate surface area is 92.8 Å². The van der Waals surface area contributed by atoms with E-state index in [4.69, 9.17) is 13.8 Å². The van der Waals surface area contributed by atoms with Crippen LogP contribution >= 0.6 is 7.60 Å². The van der Waals surface area contributed by atoms with Crippen LogP contribution in [0.15, 0.2) is 0 Å². The predicted molar refractivity (Wildman–Crippen MR) is 61.1 cm³/mol. The molecule has 0 N–H and O–H groups in total. The van der Waals surface area contributed by atoms with Crippen LogP contribution in [0.25, 0.3) is 0 Å². The van der Waals surface area contributed by atoms with Gasteiger partial charge in [-0.05, 0) is 19.3 Å². The van der Waals surface area contributed by atoms with Crippen molar-refractivity contribution in [1.82, 2.24) is 0 Å². The molecule has 0 amide bonds. The van der Waals surface area contributed by atoms with Gasteiger partial charge in [0.15, 0.2) is 5.85 Å². The largest absolute Gasteiger partial charge is 0.368 e. The molecule has 5 heteroatoms. The van der Waals surface area contributed by atoms with Crippen molar-refractivity contribution in [3.05, 3.63) is 0 Å². The Balaban J connectivity index is 4.94. The maximum atomic E-state index is 12.4. The Bertz CT molecular complexity index is 212. The Morgan fingerprint density at radius 3 is 1.73 bits per heavy atom. The summed E-state index contributed by atoms with van der Waals surface area (Å²) in [7, 11) is -1.64. The van der Waals surface area contributed by atoms with Gasteiger partial charge in [-0.25, -0.2) is 0 Å². The molecule has 0 aromatic rings. The molecule has 4 nitrogen and oxygen atoms in total. The summed E-state index contributed by atoms with van der Waals surface area (Å²) in [5.41, 5.74) is -0.283. The average molecular weight is 238 g/mol. The number of hydrogen-bond acceptors (Lipinski definition) is 4. The molecule has 0 spiro atoms. The zero-order chi connectivity index (χ0) is 12.1. The van der Waals surface area contributed by atoms with Crippen molar-refractivity contribution in [3.63, 3.8) is 0 Å². The van der Waals surface area contributed by atoms with Gasteiger partial charge in [0.1, 0.15) is 0 Å². The Hall–Kier alpha value is 0.110. The third-order valence-electron chi connectivity index (χ3n) is 1.87. The quantitative estimate of drug-likeness (QED) is 0.666. The fourth-order valence-corrected chi connectivity index (χ4v) is 3.76. The van der Waals surface area contributed by atoms with Crippen molar-refractivity contribution in [3.8, 4) is 0 Å². The second-order valence-electron chi connectivity index (χ2n) is 4.33. The summed E-state index contributed by atoms with van der Waals surface area (Å²) >= 11 is 0. The highest BCUT2D eigenvalue weighted by Crippen LogP contribution is 2.58. The molecule has 1 atom stereocenters. The normalized spacial score (nSPS) is 15.3. The zero-order valence-electron chi connectivity index (χ0n) is 10.6. The van der Waals surface area contributed by atoms with Crippen LogP contribution in [-0.2, 0) is 18.3 Å². The van der Waals surface area contributed by atoms with E-state index in [1.165, 1.54) is 7.11 Å². The molecule has 0 bridgehead atoms. The molecule has 1 unspecified atom stereocenters. The van der Waals surface area contributed by atoms with Crippen molar-refractivity contribution >= 4 is 7.60 Å². The summed E-state index contributed by atoms with van der Waals surface area (Å²) in [4.78, 5) is 0. The van der Waals surface area contributed by atoms with E-state index in [0.29, 0.717) is 13.2 Å². The fraction of sp³-hybridized carbons (Fsp3) is 1.00. The summed E-state index contributed by atoms with van der Waals surface area (Å²) in [6.07, 6.45) is 0. The van der Waals surface area contributed by atoms with Crippen molar-refractivity contribution in [1.29, 1.82) is 0 Å². The predicted octanol–water partition coefficient (Wildman–Crippen LogP) is 3.27. The van der Waals surface area contributed by atoms with Crippen LogP contribution in [0.3, 0.4) is 0 Å². The second-order valence-corrected chi connectivity index (χ2v) is 6.39. The minimum absolute atomic E-state index is 0.283. The van der Waals surface area contributed by atoms with E-state index in [1.54, 1.807) is 13.8 Å². The average Bonchev–Trinajstić information content (AvgIpc) is 2.02. The molecule has 0 aromatic heterocycles. The van der Waals surface area contributed by atoms with E-state index in [0.717, 1.165) is 0 Å². The first kappa shape index (κ1) is 15.1. The first-order valence-electron chi connectivity index (χ1n) is 5.23. The molecule has 0 aromatic carbocycles. The molecule has 0 radical (unpaired) electrons. The van der Waals surface area contributed by atoms with Crippen LogP contribution in [0.4, 0.5) is 0 Å². The molecule has 0 rings (SSSR count). The van der Waals surface area contributed by atoms with Gasteiger partial charge in [0.2, 0.25) is 0 Å². The maximum absolute atomic E-state index is 12.4. The first-order chi connectivity index (χ1) is 6.81. The lowest BCUT2D eigenvalue weighted by molar-refractivity contribution is 0.0427. The third-order valence-corrected chi connectivity index (χ3v) is 4.67. The lowest BCUT2D eigenvalue weighted by atomic mass is 9.98. The number of rotatable bonds is 6. The van der Waals surface area contributed by atoms with Gasteiger partial charge < -0.3 is 13.8 Å². The van der Waals surface area contributed by atoms with Crippen LogP contribution in [0.2, 0.25) is 0 Å². The SMILES string of the molecule is CCOP(=O)(OCC)C(OC)C(C)(C)C. The van der Waals surface area contributed by atoms with Gasteiger partial charge in [0.05, 0.1) is 13.2 Å². The zero-order valence-corrected chi connectivity index (χ0v) is 11.5. The number of methoxy groups -OCH3 is 1. The highest BCUT2D eigenvalue weighted by molar-refractivity contribution is 7.54. The lowest BCUT2D eigenvalue weighted by Gasteiger charge is -2.34. The Morgan fingerprint density at radius 2 is 1.53 bits per heavy atom. The van der Waals surface area contributed by atoms with E-state index < -0.39 is 13.4 Å². The second kappa shape index (κ2) is 6.00. The van der Waals surface area contributed by atoms with E-state index >= 15 is 0 Å². The van der Waals surface area contributed by atoms with Gasteiger partial charge in [-0.1, -0.05) is 20.8 Å². The molecule has 0 saturated carbocycles. The lowest BCUT2D eigenvalue weighted by Crippen LogP contribution is -2.30. The summed E-state index contributed by atoms with van der Waals surface area (Å²) in [6.45, 7) is 10.1. The van der Waals surface area contributed by atoms with Gasteiger partial charge in [-0.3, -0.25) is 4.57 Å². The molecule has 0 aliphatic heterocycles. The van der Waals surface area contributed by atoms with Crippen molar-refractivity contribution in [2.75, 3.05) is 20.3 Å². The fourth-order valence-electron chi connectivity index (χ4n) is 1.49. The smallest absolute Gasteiger partial charge is 0.359 e. The third kappa shape index (κ3) is 4.23. The number of ether oxygens (including phenoxy) is 1. The van der Waals surface area contributed by atoms with Gasteiger partial charge in [-0.2, -0.15) is 0 Å². The topological polar surface area (TPSA) is 44.8 Å². The maximum Gasteiger partial charge on any atom is 0.359 e. The van der Waals surface area contributed by atoms with E-state index in [9.17, 15) is 4.57 Å². The minimum Gasteiger partial charge on any atom is -0.368 e. The standard InChI is InChI=1S/C10H23O4P/c1-7-13-15(11,14-8-2)9(12-6)10(3,4)5/h9H,7-8H2,1-6H3. The van der Waals surface area contributed by atoms with Gasteiger partial charge >= 0.3 is 7.60 Å². The van der Waals surface area contributed by atoms with Crippen LogP contribution in [0.5, 0.6) is 0 Å². The monoisotopic (exact) mass is 238 g/mol. The van der Waals surface area contributed by atoms with Gasteiger partial charge in [0.25, 0.3) is 0 Å². The first-order valence-corrected chi connectivity index (χ1v) is 6.84. The summed E-state index contributed by atoms with van der Waals surface area (Å²) in [6, 6.07) is 0. The number of hydrogen-bond donors (Lipinski definition) is 0. The molecular weight excluding hydrogens is 215 g/mol. The summed E-state index contributed by atoms with van der Waals surface area (Å²) in [5, 5.41) is 0. The highest BCUT2D eigenvalue weighted by atomic mass is 31.2. The van der Waals surface area contributed by atoms with E-state index in [-0.39, 0.29) is 5.41 Å². The molecule has 0 aliphatic rings. The van der Waals surface area contributed by atoms with Crippen molar-refractivity contribution in [2.45, 2.75) is 40.5 Å². The van der Waals surface area contributed by atoms with E-state index in [1.807, 2.05) is 20.8 Å². The molecule has 0 saturated heterocycles. The van der Waals surface area contributed by atoms with Gasteiger partial charge in [-0.15, -0.1) is 0 Å². The highest BCUT2D eigenvalue weighted by Gasteiger charge is 2.43. The minimum atomic E-state index is -3.17. The Kier molecular flexibility index (Phi) is 6.04. The molecule has 92 valence electrons. The van der Waals surface area contributed by atoms with Crippen LogP contribution in [0, 0.1) is 5.41 Å². The molecule has 0 heterocycles. The van der Waals surface area contributed by atoms with Crippen molar-refractivity contribution < 1.29 is 18.3 Å². The summed E-state index contributed by atoms with van der Waals surface area (Å²) < 4.78 is 28.2.